The monoisotopic (exact) mass is 363 g/mol. The Bertz CT molecular complexity index is 701. The maximum Gasteiger partial charge on any atom is 0.327 e. The largest absolute Gasteiger partial charge is 0.345 e. The Morgan fingerprint density at radius 1 is 1.08 bits per heavy atom. The van der Waals surface area contributed by atoms with Gasteiger partial charge in [0, 0.05) is 10.9 Å². The van der Waals surface area contributed by atoms with Crippen LogP contribution < -0.4 is 16.2 Å². The van der Waals surface area contributed by atoms with Crippen LogP contribution in [0.15, 0.2) is 6.07 Å². The quantitative estimate of drug-likeness (QED) is 0.554. The number of carbonyl (C=O) groups excluding carboxylic acids is 3. The fourth-order valence-corrected chi connectivity index (χ4v) is 4.19. The first-order valence-corrected chi connectivity index (χ1v) is 9.58. The first-order chi connectivity index (χ1) is 11.7. The summed E-state index contributed by atoms with van der Waals surface area (Å²) in [7, 11) is 0. The molecular weight excluding hydrogens is 338 g/mol. The Morgan fingerprint density at radius 3 is 2.44 bits per heavy atom. The molecule has 0 radical (unpaired) electrons. The minimum absolute atomic E-state index is 0.105. The number of hydrogen-bond donors (Lipinski definition) is 3. The van der Waals surface area contributed by atoms with Crippen molar-refractivity contribution in [1.29, 1.82) is 0 Å². The van der Waals surface area contributed by atoms with E-state index in [0.29, 0.717) is 10.8 Å². The molecule has 6 nitrogen and oxygen atoms in total. The number of carbonyl (C=O) groups is 3. The first-order valence-electron chi connectivity index (χ1n) is 8.77. The summed E-state index contributed by atoms with van der Waals surface area (Å²) in [6, 6.07) is 2.03. The molecule has 0 aliphatic heterocycles. The van der Waals surface area contributed by atoms with E-state index < -0.39 is 11.8 Å². The van der Waals surface area contributed by atoms with E-state index in [4.69, 9.17) is 0 Å². The molecule has 1 atom stereocenters. The third-order valence-electron chi connectivity index (χ3n) is 4.94. The van der Waals surface area contributed by atoms with Gasteiger partial charge < -0.3 is 5.32 Å². The van der Waals surface area contributed by atoms with E-state index >= 15 is 0 Å². The molecule has 3 amide bonds. The van der Waals surface area contributed by atoms with Crippen molar-refractivity contribution >= 4 is 29.1 Å². The molecule has 1 saturated carbocycles. The number of hydrazine groups is 1. The summed E-state index contributed by atoms with van der Waals surface area (Å²) in [6.45, 7) is 6.76. The van der Waals surface area contributed by atoms with E-state index in [1.807, 2.05) is 6.07 Å². The van der Waals surface area contributed by atoms with E-state index in [2.05, 4.69) is 36.9 Å². The highest BCUT2D eigenvalue weighted by atomic mass is 32.1. The molecule has 3 N–H and O–H groups in total. The van der Waals surface area contributed by atoms with Gasteiger partial charge in [0.2, 0.25) is 0 Å². The topological polar surface area (TPSA) is 87.3 Å². The summed E-state index contributed by atoms with van der Waals surface area (Å²) < 4.78 is 0. The van der Waals surface area contributed by atoms with Gasteiger partial charge in [-0.1, -0.05) is 20.8 Å². The Labute approximate surface area is 151 Å². The van der Waals surface area contributed by atoms with Crippen LogP contribution in [0.4, 0.5) is 0 Å². The van der Waals surface area contributed by atoms with Crippen molar-refractivity contribution in [2.45, 2.75) is 58.9 Å². The van der Waals surface area contributed by atoms with E-state index in [1.165, 1.54) is 21.8 Å². The van der Waals surface area contributed by atoms with Crippen LogP contribution in [0.1, 0.15) is 60.1 Å². The highest BCUT2D eigenvalue weighted by Gasteiger charge is 2.31. The Hall–Kier alpha value is -1.89. The maximum atomic E-state index is 12.3. The molecule has 0 spiro atoms. The zero-order valence-corrected chi connectivity index (χ0v) is 15.7. The molecule has 3 rings (SSSR count). The fourth-order valence-electron chi connectivity index (χ4n) is 3.09. The standard InChI is InChI=1S/C18H25N3O3S/c1-18(2,3)11-4-7-13-10(8-11)9-14(25-13)15(22)20-21-17(24)16(23)19-12-5-6-12/h9,11-12H,4-8H2,1-3H3,(H,19,23)(H,20,22)(H,21,24)/t11-/m1/s1. The van der Waals surface area contributed by atoms with Gasteiger partial charge in [0.1, 0.15) is 0 Å². The van der Waals surface area contributed by atoms with Gasteiger partial charge in [-0.05, 0) is 55.1 Å². The third kappa shape index (κ3) is 4.39. The lowest BCUT2D eigenvalue weighted by molar-refractivity contribution is -0.139. The highest BCUT2D eigenvalue weighted by molar-refractivity contribution is 7.14. The van der Waals surface area contributed by atoms with Crippen LogP contribution in [0.25, 0.3) is 0 Å². The van der Waals surface area contributed by atoms with E-state index in [9.17, 15) is 14.4 Å². The van der Waals surface area contributed by atoms with Crippen LogP contribution in [0, 0.1) is 11.3 Å². The average Bonchev–Trinajstić information content (AvgIpc) is 3.25. The van der Waals surface area contributed by atoms with Crippen LogP contribution in [0.2, 0.25) is 0 Å². The molecule has 25 heavy (non-hydrogen) atoms. The number of amides is 3. The second kappa shape index (κ2) is 6.78. The lowest BCUT2D eigenvalue weighted by atomic mass is 9.72. The molecule has 2 aliphatic rings. The summed E-state index contributed by atoms with van der Waals surface area (Å²) in [6.07, 6.45) is 4.92. The SMILES string of the molecule is CC(C)(C)[C@@H]1CCc2sc(C(=O)NNC(=O)C(=O)NC3CC3)cc2C1. The van der Waals surface area contributed by atoms with Crippen LogP contribution in [-0.4, -0.2) is 23.8 Å². The second-order valence-electron chi connectivity index (χ2n) is 8.02. The molecular formula is C18H25N3O3S. The molecule has 1 aromatic rings. The van der Waals surface area contributed by atoms with Gasteiger partial charge in [-0.2, -0.15) is 0 Å². The van der Waals surface area contributed by atoms with Crippen LogP contribution in [0.5, 0.6) is 0 Å². The van der Waals surface area contributed by atoms with Gasteiger partial charge >= 0.3 is 11.8 Å². The molecule has 0 bridgehead atoms. The van der Waals surface area contributed by atoms with Crippen molar-refractivity contribution in [3.8, 4) is 0 Å². The number of aryl methyl sites for hydroxylation is 1. The van der Waals surface area contributed by atoms with Gasteiger partial charge in [0.15, 0.2) is 0 Å². The van der Waals surface area contributed by atoms with Gasteiger partial charge in [-0.25, -0.2) is 0 Å². The van der Waals surface area contributed by atoms with Crippen molar-refractivity contribution in [1.82, 2.24) is 16.2 Å². The van der Waals surface area contributed by atoms with Crippen LogP contribution in [0.3, 0.4) is 0 Å². The molecule has 1 aromatic heterocycles. The van der Waals surface area contributed by atoms with E-state index in [0.717, 1.165) is 32.1 Å². The average molecular weight is 363 g/mol. The molecule has 136 valence electrons. The highest BCUT2D eigenvalue weighted by Crippen LogP contribution is 2.40. The number of fused-ring (bicyclic) bond motifs is 1. The first kappa shape index (κ1) is 17.9. The predicted molar refractivity (Wildman–Crippen MR) is 96.1 cm³/mol. The number of rotatable bonds is 2. The van der Waals surface area contributed by atoms with Gasteiger partial charge in [-0.15, -0.1) is 11.3 Å². The molecule has 2 aliphatic carbocycles. The van der Waals surface area contributed by atoms with Crippen molar-refractivity contribution in [2.24, 2.45) is 11.3 Å². The molecule has 1 fully saturated rings. The third-order valence-corrected chi connectivity index (χ3v) is 6.18. The summed E-state index contributed by atoms with van der Waals surface area (Å²) in [5, 5.41) is 2.58. The Morgan fingerprint density at radius 2 is 1.80 bits per heavy atom. The van der Waals surface area contributed by atoms with E-state index in [-0.39, 0.29) is 17.4 Å². The van der Waals surface area contributed by atoms with E-state index in [1.54, 1.807) is 0 Å². The number of thiophene rings is 1. The Kier molecular flexibility index (Phi) is 4.86. The van der Waals surface area contributed by atoms with Crippen molar-refractivity contribution in [3.05, 3.63) is 21.4 Å². The smallest absolute Gasteiger partial charge is 0.327 e. The predicted octanol–water partition coefficient (Wildman–Crippen LogP) is 1.94. The second-order valence-corrected chi connectivity index (χ2v) is 9.16. The Balaban J connectivity index is 1.56. The maximum absolute atomic E-state index is 12.3. The van der Waals surface area contributed by atoms with Gasteiger partial charge in [0.05, 0.1) is 4.88 Å². The lowest BCUT2D eigenvalue weighted by Crippen LogP contribution is -2.48. The minimum atomic E-state index is -0.839. The zero-order valence-electron chi connectivity index (χ0n) is 14.9. The van der Waals surface area contributed by atoms with Crippen LogP contribution >= 0.6 is 11.3 Å². The van der Waals surface area contributed by atoms with Gasteiger partial charge in [-0.3, -0.25) is 25.2 Å². The van der Waals surface area contributed by atoms with Crippen molar-refractivity contribution < 1.29 is 14.4 Å². The minimum Gasteiger partial charge on any atom is -0.345 e. The number of hydrogen-bond acceptors (Lipinski definition) is 4. The normalized spacial score (nSPS) is 19.7. The summed E-state index contributed by atoms with van der Waals surface area (Å²) in [4.78, 5) is 37.3. The fraction of sp³-hybridized carbons (Fsp3) is 0.611. The number of nitrogens with one attached hydrogen (secondary N) is 3. The zero-order chi connectivity index (χ0) is 18.2. The van der Waals surface area contributed by atoms with Crippen LogP contribution in [-0.2, 0) is 22.4 Å². The molecule has 1 heterocycles. The summed E-state index contributed by atoms with van der Waals surface area (Å²) in [5.41, 5.74) is 6.01. The summed E-state index contributed by atoms with van der Waals surface area (Å²) in [5.74, 6) is -1.31. The lowest BCUT2D eigenvalue weighted by Gasteiger charge is -2.33. The van der Waals surface area contributed by atoms with Gasteiger partial charge in [0.25, 0.3) is 5.91 Å². The molecule has 0 aromatic carbocycles. The van der Waals surface area contributed by atoms with Crippen molar-refractivity contribution in [3.63, 3.8) is 0 Å². The summed E-state index contributed by atoms with van der Waals surface area (Å²) >= 11 is 1.47. The molecule has 0 saturated heterocycles. The van der Waals surface area contributed by atoms with Crippen molar-refractivity contribution in [2.75, 3.05) is 0 Å². The molecule has 0 unspecified atom stereocenters. The molecule has 7 heteroatoms.